The first kappa shape index (κ1) is 13.4. The lowest BCUT2D eigenvalue weighted by Crippen LogP contribution is -2.01. The van der Waals surface area contributed by atoms with Crippen LogP contribution in [-0.2, 0) is 11.2 Å². The molecule has 3 aromatic rings. The van der Waals surface area contributed by atoms with E-state index in [1.807, 2.05) is 44.2 Å². The van der Waals surface area contributed by atoms with Crippen molar-refractivity contribution in [1.29, 1.82) is 0 Å². The third-order valence-corrected chi connectivity index (χ3v) is 3.75. The highest BCUT2D eigenvalue weighted by Gasteiger charge is 2.17. The maximum Gasteiger partial charge on any atom is 0.307 e. The summed E-state index contributed by atoms with van der Waals surface area (Å²) < 4.78 is 0. The van der Waals surface area contributed by atoms with Crippen molar-refractivity contribution < 1.29 is 9.90 Å². The van der Waals surface area contributed by atoms with E-state index in [9.17, 15) is 9.90 Å². The van der Waals surface area contributed by atoms with Gasteiger partial charge in [-0.25, -0.2) is 0 Å². The van der Waals surface area contributed by atoms with E-state index in [4.69, 9.17) is 0 Å². The van der Waals surface area contributed by atoms with Crippen LogP contribution in [0.15, 0.2) is 42.5 Å². The van der Waals surface area contributed by atoms with E-state index < -0.39 is 5.97 Å². The number of aryl methyl sites for hydroxylation is 2. The first-order valence-corrected chi connectivity index (χ1v) is 6.95. The molecule has 0 amide bonds. The summed E-state index contributed by atoms with van der Waals surface area (Å²) in [6.07, 6.45) is 0.0210. The average molecular weight is 279 g/mol. The smallest absolute Gasteiger partial charge is 0.307 e. The van der Waals surface area contributed by atoms with Crippen LogP contribution in [0.1, 0.15) is 16.7 Å². The van der Waals surface area contributed by atoms with E-state index in [1.54, 1.807) is 0 Å². The molecule has 3 rings (SSSR count). The molecule has 21 heavy (non-hydrogen) atoms. The second kappa shape index (κ2) is 5.09. The van der Waals surface area contributed by atoms with Crippen LogP contribution in [0, 0.1) is 13.8 Å². The number of carboxylic acid groups (broad SMARTS) is 1. The fraction of sp³-hybridized carbons (Fsp3) is 0.167. The molecule has 1 aromatic heterocycles. The number of carbonyl (C=O) groups is 1. The van der Waals surface area contributed by atoms with E-state index in [1.165, 1.54) is 0 Å². The Hall–Kier alpha value is -2.55. The molecular formula is C18H17NO2. The van der Waals surface area contributed by atoms with Crippen LogP contribution in [0.2, 0.25) is 0 Å². The van der Waals surface area contributed by atoms with Crippen molar-refractivity contribution in [3.8, 4) is 11.3 Å². The minimum Gasteiger partial charge on any atom is -0.481 e. The number of aromatic amines is 1. The van der Waals surface area contributed by atoms with E-state index in [-0.39, 0.29) is 6.42 Å². The molecule has 0 atom stereocenters. The first-order chi connectivity index (χ1) is 10.1. The van der Waals surface area contributed by atoms with Crippen molar-refractivity contribution in [2.75, 3.05) is 0 Å². The third-order valence-electron chi connectivity index (χ3n) is 3.75. The fourth-order valence-corrected chi connectivity index (χ4v) is 2.89. The highest BCUT2D eigenvalue weighted by atomic mass is 16.4. The van der Waals surface area contributed by atoms with Gasteiger partial charge in [-0.15, -0.1) is 0 Å². The molecule has 2 N–H and O–H groups in total. The minimum atomic E-state index is -0.813. The summed E-state index contributed by atoms with van der Waals surface area (Å²) >= 11 is 0. The van der Waals surface area contributed by atoms with Crippen LogP contribution >= 0.6 is 0 Å². The molecule has 0 unspecified atom stereocenters. The van der Waals surface area contributed by atoms with Crippen LogP contribution in [0.5, 0.6) is 0 Å². The molecule has 0 fully saturated rings. The Bertz CT molecular complexity index is 816. The molecule has 106 valence electrons. The van der Waals surface area contributed by atoms with E-state index in [2.05, 4.69) is 17.1 Å². The molecule has 0 aliphatic carbocycles. The van der Waals surface area contributed by atoms with Gasteiger partial charge in [0, 0.05) is 10.9 Å². The van der Waals surface area contributed by atoms with Crippen LogP contribution in [0.3, 0.4) is 0 Å². The van der Waals surface area contributed by atoms with Gasteiger partial charge >= 0.3 is 5.97 Å². The lowest BCUT2D eigenvalue weighted by molar-refractivity contribution is -0.136. The predicted octanol–water partition coefficient (Wildman–Crippen LogP) is 4.08. The monoisotopic (exact) mass is 279 g/mol. The molecule has 2 aromatic carbocycles. The summed E-state index contributed by atoms with van der Waals surface area (Å²) in [4.78, 5) is 14.7. The zero-order chi connectivity index (χ0) is 15.0. The maximum absolute atomic E-state index is 11.2. The van der Waals surface area contributed by atoms with Crippen LogP contribution in [0.4, 0.5) is 0 Å². The molecule has 0 saturated heterocycles. The highest BCUT2D eigenvalue weighted by Crippen LogP contribution is 2.33. The second-order valence-corrected chi connectivity index (χ2v) is 5.42. The zero-order valence-electron chi connectivity index (χ0n) is 12.1. The summed E-state index contributed by atoms with van der Waals surface area (Å²) in [6.45, 7) is 4.08. The van der Waals surface area contributed by atoms with Crippen molar-refractivity contribution in [1.82, 2.24) is 4.98 Å². The van der Waals surface area contributed by atoms with Crippen molar-refractivity contribution in [2.45, 2.75) is 20.3 Å². The summed E-state index contributed by atoms with van der Waals surface area (Å²) in [5.74, 6) is -0.813. The van der Waals surface area contributed by atoms with E-state index in [0.29, 0.717) is 0 Å². The fourth-order valence-electron chi connectivity index (χ4n) is 2.89. The minimum absolute atomic E-state index is 0.0210. The van der Waals surface area contributed by atoms with Crippen LogP contribution in [-0.4, -0.2) is 16.1 Å². The summed E-state index contributed by atoms with van der Waals surface area (Å²) in [5.41, 5.74) is 6.08. The highest BCUT2D eigenvalue weighted by molar-refractivity contribution is 5.95. The van der Waals surface area contributed by atoms with Gasteiger partial charge < -0.3 is 10.1 Å². The number of benzene rings is 2. The first-order valence-electron chi connectivity index (χ1n) is 6.95. The Balaban J connectivity index is 2.33. The molecule has 0 aliphatic heterocycles. The van der Waals surface area contributed by atoms with Gasteiger partial charge in [0.1, 0.15) is 0 Å². The zero-order valence-corrected chi connectivity index (χ0v) is 12.1. The van der Waals surface area contributed by atoms with Crippen LogP contribution < -0.4 is 0 Å². The molecule has 0 radical (unpaired) electrons. The number of nitrogens with one attached hydrogen (secondary N) is 1. The summed E-state index contributed by atoms with van der Waals surface area (Å²) in [5, 5.41) is 10.2. The Morgan fingerprint density at radius 2 is 1.86 bits per heavy atom. The molecule has 3 heteroatoms. The standard InChI is InChI=1S/C18H17NO2/c1-11-8-12(2)17-14(9-11)15(10-16(20)21)18(19-17)13-6-4-3-5-7-13/h3-9,19H,10H2,1-2H3,(H,20,21). The van der Waals surface area contributed by atoms with E-state index >= 15 is 0 Å². The molecule has 1 heterocycles. The second-order valence-electron chi connectivity index (χ2n) is 5.42. The number of carboxylic acids is 1. The normalized spacial score (nSPS) is 11.0. The van der Waals surface area contributed by atoms with Gasteiger partial charge in [0.15, 0.2) is 0 Å². The summed E-state index contributed by atoms with van der Waals surface area (Å²) in [7, 11) is 0. The van der Waals surface area contributed by atoms with Gasteiger partial charge in [-0.05, 0) is 36.6 Å². The number of fused-ring (bicyclic) bond motifs is 1. The van der Waals surface area contributed by atoms with E-state index in [0.717, 1.165) is 38.9 Å². The average Bonchev–Trinajstić information content (AvgIpc) is 2.78. The van der Waals surface area contributed by atoms with Crippen molar-refractivity contribution >= 4 is 16.9 Å². The molecule has 0 saturated carbocycles. The maximum atomic E-state index is 11.2. The largest absolute Gasteiger partial charge is 0.481 e. The van der Waals surface area contributed by atoms with Gasteiger partial charge in [-0.3, -0.25) is 4.79 Å². The number of hydrogen-bond donors (Lipinski definition) is 2. The van der Waals surface area contributed by atoms with Gasteiger partial charge in [0.25, 0.3) is 0 Å². The predicted molar refractivity (Wildman–Crippen MR) is 84.5 cm³/mol. The van der Waals surface area contributed by atoms with Gasteiger partial charge in [-0.2, -0.15) is 0 Å². The molecule has 3 nitrogen and oxygen atoms in total. The molecular weight excluding hydrogens is 262 g/mol. The van der Waals surface area contributed by atoms with Crippen LogP contribution in [0.25, 0.3) is 22.2 Å². The number of hydrogen-bond acceptors (Lipinski definition) is 1. The number of aromatic nitrogens is 1. The van der Waals surface area contributed by atoms with Crippen molar-refractivity contribution in [2.24, 2.45) is 0 Å². The topological polar surface area (TPSA) is 53.1 Å². The van der Waals surface area contributed by atoms with Gasteiger partial charge in [-0.1, -0.05) is 42.0 Å². The third kappa shape index (κ3) is 2.42. The lowest BCUT2D eigenvalue weighted by atomic mass is 10.0. The SMILES string of the molecule is Cc1cc(C)c2[nH]c(-c3ccccc3)c(CC(=O)O)c2c1. The van der Waals surface area contributed by atoms with Crippen molar-refractivity contribution in [3.63, 3.8) is 0 Å². The number of H-pyrrole nitrogens is 1. The molecule has 0 spiro atoms. The van der Waals surface area contributed by atoms with Gasteiger partial charge in [0.2, 0.25) is 0 Å². The molecule has 0 aliphatic rings. The Morgan fingerprint density at radius 3 is 2.52 bits per heavy atom. The lowest BCUT2D eigenvalue weighted by Gasteiger charge is -2.03. The summed E-state index contributed by atoms with van der Waals surface area (Å²) in [6, 6.07) is 14.0. The Labute approximate surface area is 123 Å². The van der Waals surface area contributed by atoms with Crippen molar-refractivity contribution in [3.05, 3.63) is 59.2 Å². The number of aliphatic carboxylic acids is 1. The molecule has 0 bridgehead atoms. The quantitative estimate of drug-likeness (QED) is 0.759. The number of rotatable bonds is 3. The van der Waals surface area contributed by atoms with Gasteiger partial charge in [0.05, 0.1) is 12.1 Å². The Kier molecular flexibility index (Phi) is 3.26. The Morgan fingerprint density at radius 1 is 1.14 bits per heavy atom.